The molecule has 0 saturated carbocycles. The summed E-state index contributed by atoms with van der Waals surface area (Å²) in [6.45, 7) is 3.78. The lowest BCUT2D eigenvalue weighted by atomic mass is 10.1. The fourth-order valence-electron chi connectivity index (χ4n) is 1.75. The summed E-state index contributed by atoms with van der Waals surface area (Å²) in [6, 6.07) is 9.62. The minimum atomic E-state index is -0.0182. The highest BCUT2D eigenvalue weighted by molar-refractivity contribution is 5.96. The molecule has 92 valence electrons. The van der Waals surface area contributed by atoms with Crippen LogP contribution < -0.4 is 5.73 Å². The van der Waals surface area contributed by atoms with E-state index in [1.165, 1.54) is 0 Å². The number of nitrogens with zero attached hydrogens (tertiary/aromatic N) is 3. The van der Waals surface area contributed by atoms with Crippen molar-refractivity contribution in [1.29, 1.82) is 0 Å². The first-order chi connectivity index (χ1) is 8.61. The van der Waals surface area contributed by atoms with E-state index in [2.05, 4.69) is 15.1 Å². The molecule has 0 aliphatic heterocycles. The first-order valence-corrected chi connectivity index (χ1v) is 5.51. The predicted octanol–water partition coefficient (Wildman–Crippen LogP) is 1.85. The lowest BCUT2D eigenvalue weighted by Gasteiger charge is -2.07. The van der Waals surface area contributed by atoms with E-state index < -0.39 is 0 Å². The Morgan fingerprint density at radius 1 is 1.22 bits per heavy atom. The molecule has 0 aliphatic carbocycles. The van der Waals surface area contributed by atoms with E-state index in [0.717, 1.165) is 16.8 Å². The van der Waals surface area contributed by atoms with E-state index in [9.17, 15) is 0 Å². The highest BCUT2D eigenvalue weighted by Crippen LogP contribution is 2.21. The third-order valence-electron chi connectivity index (χ3n) is 2.63. The highest BCUT2D eigenvalue weighted by Gasteiger charge is 2.09. The van der Waals surface area contributed by atoms with E-state index in [4.69, 9.17) is 10.9 Å². The van der Waals surface area contributed by atoms with Crippen molar-refractivity contribution in [3.63, 3.8) is 0 Å². The molecule has 2 aromatic rings. The van der Waals surface area contributed by atoms with E-state index in [0.29, 0.717) is 11.5 Å². The molecule has 0 amide bonds. The van der Waals surface area contributed by atoms with Gasteiger partial charge in [0.05, 0.1) is 5.69 Å². The third-order valence-corrected chi connectivity index (χ3v) is 2.63. The second-order valence-electron chi connectivity index (χ2n) is 3.99. The van der Waals surface area contributed by atoms with Crippen LogP contribution in [0.25, 0.3) is 11.3 Å². The summed E-state index contributed by atoms with van der Waals surface area (Å²) in [4.78, 5) is 8.51. The largest absolute Gasteiger partial charge is 0.409 e. The molecule has 3 N–H and O–H groups in total. The molecule has 5 heteroatoms. The average molecular weight is 242 g/mol. The maximum absolute atomic E-state index is 8.70. The molecule has 0 fully saturated rings. The van der Waals surface area contributed by atoms with Gasteiger partial charge in [0.25, 0.3) is 0 Å². The normalized spacial score (nSPS) is 11.6. The molecule has 18 heavy (non-hydrogen) atoms. The Balaban J connectivity index is 2.59. The van der Waals surface area contributed by atoms with Gasteiger partial charge in [0.15, 0.2) is 5.84 Å². The lowest BCUT2D eigenvalue weighted by molar-refractivity contribution is 0.318. The molecule has 1 heterocycles. The van der Waals surface area contributed by atoms with Gasteiger partial charge in [0.2, 0.25) is 0 Å². The van der Waals surface area contributed by atoms with Crippen LogP contribution in [0.15, 0.2) is 35.5 Å². The van der Waals surface area contributed by atoms with Gasteiger partial charge in [-0.2, -0.15) is 0 Å². The topological polar surface area (TPSA) is 84.4 Å². The van der Waals surface area contributed by atoms with Crippen LogP contribution in [0.2, 0.25) is 0 Å². The lowest BCUT2D eigenvalue weighted by Crippen LogP contribution is -2.16. The number of rotatable bonds is 2. The second-order valence-corrected chi connectivity index (χ2v) is 3.99. The van der Waals surface area contributed by atoms with E-state index in [-0.39, 0.29) is 5.84 Å². The predicted molar refractivity (Wildman–Crippen MR) is 69.5 cm³/mol. The molecule has 0 atom stereocenters. The average Bonchev–Trinajstić information content (AvgIpc) is 2.37. The van der Waals surface area contributed by atoms with Crippen molar-refractivity contribution in [2.45, 2.75) is 13.8 Å². The Labute approximate surface area is 105 Å². The fraction of sp³-hybridized carbons (Fsp3) is 0.154. The summed E-state index contributed by atoms with van der Waals surface area (Å²) in [6.07, 6.45) is 0. The Kier molecular flexibility index (Phi) is 3.23. The fourth-order valence-corrected chi connectivity index (χ4v) is 1.75. The van der Waals surface area contributed by atoms with Gasteiger partial charge in [-0.05, 0) is 25.5 Å². The van der Waals surface area contributed by atoms with Crippen LogP contribution in [-0.2, 0) is 0 Å². The van der Waals surface area contributed by atoms with Crippen LogP contribution in [0.5, 0.6) is 0 Å². The Bertz CT molecular complexity index is 608. The maximum Gasteiger partial charge on any atom is 0.188 e. The first-order valence-electron chi connectivity index (χ1n) is 5.51. The van der Waals surface area contributed by atoms with Gasteiger partial charge >= 0.3 is 0 Å². The zero-order chi connectivity index (χ0) is 13.1. The molecule has 0 spiro atoms. The first kappa shape index (κ1) is 12.0. The Hall–Kier alpha value is -2.43. The molecule has 0 aliphatic rings. The van der Waals surface area contributed by atoms with Crippen LogP contribution in [0.3, 0.4) is 0 Å². The molecule has 5 nitrogen and oxygen atoms in total. The summed E-state index contributed by atoms with van der Waals surface area (Å²) >= 11 is 0. The van der Waals surface area contributed by atoms with Crippen molar-refractivity contribution in [2.24, 2.45) is 10.9 Å². The van der Waals surface area contributed by atoms with Gasteiger partial charge in [-0.1, -0.05) is 29.4 Å². The molecule has 0 radical (unpaired) electrons. The number of benzene rings is 1. The molecule has 1 aromatic carbocycles. The molecular formula is C13H14N4O. The molecule has 0 saturated heterocycles. The minimum absolute atomic E-state index is 0.0182. The Morgan fingerprint density at radius 2 is 1.94 bits per heavy atom. The summed E-state index contributed by atoms with van der Waals surface area (Å²) in [5.41, 5.74) is 8.86. The van der Waals surface area contributed by atoms with Crippen molar-refractivity contribution < 1.29 is 5.21 Å². The number of nitrogens with two attached hydrogens (primary N) is 1. The standard InChI is InChI=1S/C13H14N4O/c1-8-5-3-4-6-10(8)11-7-12(13(14)17-18)16-9(2)15-11/h3-7,18H,1-2H3,(H2,14,17). The molecule has 2 rings (SSSR count). The number of hydrogen-bond acceptors (Lipinski definition) is 4. The van der Waals surface area contributed by atoms with Crippen molar-refractivity contribution in [2.75, 3.05) is 0 Å². The number of oxime groups is 1. The van der Waals surface area contributed by atoms with Crippen LogP contribution in [0.1, 0.15) is 17.1 Å². The second kappa shape index (κ2) is 4.83. The summed E-state index contributed by atoms with van der Waals surface area (Å²) in [5, 5.41) is 11.7. The zero-order valence-corrected chi connectivity index (χ0v) is 10.3. The SMILES string of the molecule is Cc1nc(/C(N)=N/O)cc(-c2ccccc2C)n1. The summed E-state index contributed by atoms with van der Waals surface area (Å²) in [7, 11) is 0. The summed E-state index contributed by atoms with van der Waals surface area (Å²) in [5.74, 6) is 0.563. The molecule has 1 aromatic heterocycles. The number of aryl methyl sites for hydroxylation is 2. The van der Waals surface area contributed by atoms with E-state index in [1.54, 1.807) is 13.0 Å². The van der Waals surface area contributed by atoms with Crippen molar-refractivity contribution in [1.82, 2.24) is 9.97 Å². The van der Waals surface area contributed by atoms with Crippen LogP contribution in [0.4, 0.5) is 0 Å². The van der Waals surface area contributed by atoms with Crippen molar-refractivity contribution in [3.05, 3.63) is 47.4 Å². The highest BCUT2D eigenvalue weighted by atomic mass is 16.4. The van der Waals surface area contributed by atoms with Crippen molar-refractivity contribution in [3.8, 4) is 11.3 Å². The van der Waals surface area contributed by atoms with Gasteiger partial charge in [0, 0.05) is 5.56 Å². The monoisotopic (exact) mass is 242 g/mol. The number of aromatic nitrogens is 2. The van der Waals surface area contributed by atoms with Crippen LogP contribution >= 0.6 is 0 Å². The van der Waals surface area contributed by atoms with E-state index >= 15 is 0 Å². The maximum atomic E-state index is 8.70. The van der Waals surface area contributed by atoms with Crippen LogP contribution in [0, 0.1) is 13.8 Å². The van der Waals surface area contributed by atoms with Gasteiger partial charge < -0.3 is 10.9 Å². The number of amidine groups is 1. The number of hydrogen-bond donors (Lipinski definition) is 2. The van der Waals surface area contributed by atoms with Crippen LogP contribution in [-0.4, -0.2) is 21.0 Å². The van der Waals surface area contributed by atoms with Gasteiger partial charge in [-0.25, -0.2) is 9.97 Å². The minimum Gasteiger partial charge on any atom is -0.409 e. The smallest absolute Gasteiger partial charge is 0.188 e. The molecule has 0 unspecified atom stereocenters. The van der Waals surface area contributed by atoms with Crippen molar-refractivity contribution >= 4 is 5.84 Å². The van der Waals surface area contributed by atoms with Gasteiger partial charge in [-0.3, -0.25) is 0 Å². The zero-order valence-electron chi connectivity index (χ0n) is 10.3. The summed E-state index contributed by atoms with van der Waals surface area (Å²) < 4.78 is 0. The quantitative estimate of drug-likeness (QED) is 0.364. The third kappa shape index (κ3) is 2.29. The van der Waals surface area contributed by atoms with E-state index in [1.807, 2.05) is 31.2 Å². The van der Waals surface area contributed by atoms with Gasteiger partial charge in [0.1, 0.15) is 11.5 Å². The molecule has 0 bridgehead atoms. The molecular weight excluding hydrogens is 228 g/mol. The van der Waals surface area contributed by atoms with Gasteiger partial charge in [-0.15, -0.1) is 0 Å². The Morgan fingerprint density at radius 3 is 2.61 bits per heavy atom.